The molecule has 0 aromatic carbocycles. The van der Waals surface area contributed by atoms with Crippen LogP contribution in [0.15, 0.2) is 0 Å². The third-order valence-corrected chi connectivity index (χ3v) is 4.71. The number of likely N-dealkylation sites (tertiary alicyclic amines) is 1. The Morgan fingerprint density at radius 2 is 1.75 bits per heavy atom. The van der Waals surface area contributed by atoms with Gasteiger partial charge in [0, 0.05) is 6.54 Å². The fourth-order valence-electron chi connectivity index (χ4n) is 3.05. The predicted octanol–water partition coefficient (Wildman–Crippen LogP) is -1.19. The van der Waals surface area contributed by atoms with Gasteiger partial charge in [-0.05, 0) is 39.0 Å². The van der Waals surface area contributed by atoms with Crippen LogP contribution in [-0.2, 0) is 19.2 Å². The Hall–Kier alpha value is -2.20. The molecule has 0 radical (unpaired) electrons. The molecule has 3 amide bonds. The van der Waals surface area contributed by atoms with E-state index in [0.29, 0.717) is 25.8 Å². The minimum atomic E-state index is -1.17. The maximum Gasteiger partial charge on any atom is 0.325 e. The molecule has 1 fully saturated rings. The van der Waals surface area contributed by atoms with E-state index in [4.69, 9.17) is 10.8 Å². The lowest BCUT2D eigenvalue weighted by molar-refractivity contribution is -0.144. The first-order valence-electron chi connectivity index (χ1n) is 9.53. The topological polar surface area (TPSA) is 162 Å². The van der Waals surface area contributed by atoms with Gasteiger partial charge in [0.15, 0.2) is 0 Å². The first kappa shape index (κ1) is 23.8. The monoisotopic (exact) mass is 400 g/mol. The molecule has 6 N–H and O–H groups in total. The molecule has 160 valence electrons. The number of hydrogen-bond acceptors (Lipinski definition) is 6. The minimum Gasteiger partial charge on any atom is -0.480 e. The lowest BCUT2D eigenvalue weighted by Crippen LogP contribution is -2.58. The Balaban J connectivity index is 2.92. The second-order valence-corrected chi connectivity index (χ2v) is 7.72. The van der Waals surface area contributed by atoms with Gasteiger partial charge in [0.25, 0.3) is 0 Å². The van der Waals surface area contributed by atoms with Crippen molar-refractivity contribution in [1.82, 2.24) is 15.5 Å². The molecule has 0 aromatic rings. The number of aliphatic hydroxyl groups is 1. The van der Waals surface area contributed by atoms with Gasteiger partial charge in [-0.15, -0.1) is 0 Å². The first-order valence-corrected chi connectivity index (χ1v) is 9.53. The molecule has 1 aliphatic heterocycles. The number of aliphatic hydroxyl groups excluding tert-OH is 1. The fourth-order valence-corrected chi connectivity index (χ4v) is 3.05. The van der Waals surface area contributed by atoms with Crippen molar-refractivity contribution < 1.29 is 29.4 Å². The van der Waals surface area contributed by atoms with E-state index >= 15 is 0 Å². The van der Waals surface area contributed by atoms with E-state index in [1.54, 1.807) is 0 Å². The maximum absolute atomic E-state index is 13.1. The molecule has 10 nitrogen and oxygen atoms in total. The quantitative estimate of drug-likeness (QED) is 0.325. The minimum absolute atomic E-state index is 0.0823. The summed E-state index contributed by atoms with van der Waals surface area (Å²) < 4.78 is 0. The Morgan fingerprint density at radius 1 is 1.14 bits per heavy atom. The highest BCUT2D eigenvalue weighted by atomic mass is 16.4. The van der Waals surface area contributed by atoms with Gasteiger partial charge in [-0.25, -0.2) is 0 Å². The van der Waals surface area contributed by atoms with Crippen LogP contribution in [0.25, 0.3) is 0 Å². The number of carboxylic acids is 1. The average Bonchev–Trinajstić information content (AvgIpc) is 3.08. The smallest absolute Gasteiger partial charge is 0.325 e. The summed E-state index contributed by atoms with van der Waals surface area (Å²) in [5.74, 6) is -2.68. The van der Waals surface area contributed by atoms with Crippen LogP contribution in [0.4, 0.5) is 0 Å². The summed E-state index contributed by atoms with van der Waals surface area (Å²) >= 11 is 0. The molecular formula is C18H32N4O6. The van der Waals surface area contributed by atoms with E-state index < -0.39 is 54.0 Å². The normalized spacial score (nSPS) is 21.0. The molecule has 0 spiro atoms. The summed E-state index contributed by atoms with van der Waals surface area (Å²) in [5.41, 5.74) is 5.64. The number of carbonyl (C=O) groups is 4. The molecule has 5 unspecified atom stereocenters. The molecule has 1 saturated heterocycles. The molecule has 1 aliphatic rings. The van der Waals surface area contributed by atoms with E-state index in [-0.39, 0.29) is 5.92 Å². The lowest BCUT2D eigenvalue weighted by atomic mass is 10.0. The summed E-state index contributed by atoms with van der Waals surface area (Å²) in [6.45, 7) is 6.85. The highest BCUT2D eigenvalue weighted by Crippen LogP contribution is 2.20. The van der Waals surface area contributed by atoms with Gasteiger partial charge in [0.05, 0.1) is 6.10 Å². The van der Waals surface area contributed by atoms with Crippen molar-refractivity contribution in [3.63, 3.8) is 0 Å². The standard InChI is InChI=1S/C18H32N4O6/c1-9(2)8-12(21-16(25)14(19)11(4)23)17(26)22-7-5-6-13(22)15(24)20-10(3)18(27)28/h9-14,23H,5-8,19H2,1-4H3,(H,20,24)(H,21,25)(H,27,28). The molecule has 5 atom stereocenters. The van der Waals surface area contributed by atoms with Gasteiger partial charge >= 0.3 is 5.97 Å². The molecule has 0 saturated carbocycles. The van der Waals surface area contributed by atoms with Gasteiger partial charge in [-0.2, -0.15) is 0 Å². The summed E-state index contributed by atoms with van der Waals surface area (Å²) in [5, 5.41) is 23.4. The van der Waals surface area contributed by atoms with Crippen molar-refractivity contribution >= 4 is 23.7 Å². The van der Waals surface area contributed by atoms with Crippen LogP contribution in [0.3, 0.4) is 0 Å². The molecule has 1 heterocycles. The number of nitrogens with one attached hydrogen (secondary N) is 2. The van der Waals surface area contributed by atoms with E-state index in [0.717, 1.165) is 0 Å². The third-order valence-electron chi connectivity index (χ3n) is 4.71. The van der Waals surface area contributed by atoms with Gasteiger partial charge in [0.1, 0.15) is 24.2 Å². The van der Waals surface area contributed by atoms with Crippen LogP contribution in [0.5, 0.6) is 0 Å². The van der Waals surface area contributed by atoms with Crippen LogP contribution in [0, 0.1) is 5.92 Å². The summed E-state index contributed by atoms with van der Waals surface area (Å²) in [4.78, 5) is 50.0. The average molecular weight is 400 g/mol. The van der Waals surface area contributed by atoms with Gasteiger partial charge in [-0.1, -0.05) is 13.8 Å². The van der Waals surface area contributed by atoms with Crippen LogP contribution in [0.1, 0.15) is 47.0 Å². The van der Waals surface area contributed by atoms with Crippen molar-refractivity contribution in [3.8, 4) is 0 Å². The van der Waals surface area contributed by atoms with Crippen molar-refractivity contribution in [1.29, 1.82) is 0 Å². The number of carboxylic acid groups (broad SMARTS) is 1. The van der Waals surface area contributed by atoms with Crippen molar-refractivity contribution in [2.24, 2.45) is 11.7 Å². The number of nitrogens with two attached hydrogens (primary N) is 1. The van der Waals surface area contributed by atoms with Gasteiger partial charge in [-0.3, -0.25) is 19.2 Å². The van der Waals surface area contributed by atoms with Crippen LogP contribution < -0.4 is 16.4 Å². The number of hydrogen-bond donors (Lipinski definition) is 5. The Morgan fingerprint density at radius 3 is 2.25 bits per heavy atom. The fraction of sp³-hybridized carbons (Fsp3) is 0.778. The van der Waals surface area contributed by atoms with Crippen LogP contribution in [-0.4, -0.2) is 75.6 Å². The Kier molecular flexibility index (Phi) is 8.83. The molecule has 10 heteroatoms. The molecule has 0 aromatic heterocycles. The first-order chi connectivity index (χ1) is 13.0. The van der Waals surface area contributed by atoms with Crippen molar-refractivity contribution in [2.45, 2.75) is 77.2 Å². The zero-order valence-corrected chi connectivity index (χ0v) is 16.8. The number of carbonyl (C=O) groups excluding carboxylic acids is 3. The SMILES string of the molecule is CC(C)CC(NC(=O)C(N)C(C)O)C(=O)N1CCCC1C(=O)NC(C)C(=O)O. The zero-order chi connectivity index (χ0) is 21.6. The third kappa shape index (κ3) is 6.45. The van der Waals surface area contributed by atoms with Crippen molar-refractivity contribution in [2.75, 3.05) is 6.54 Å². The van der Waals surface area contributed by atoms with Crippen LogP contribution >= 0.6 is 0 Å². The second kappa shape index (κ2) is 10.4. The highest BCUT2D eigenvalue weighted by molar-refractivity contribution is 5.94. The molecule has 0 bridgehead atoms. The number of rotatable bonds is 9. The summed E-state index contributed by atoms with van der Waals surface area (Å²) in [6, 6.07) is -3.91. The second-order valence-electron chi connectivity index (χ2n) is 7.72. The summed E-state index contributed by atoms with van der Waals surface area (Å²) in [6.07, 6.45) is 0.283. The van der Waals surface area contributed by atoms with E-state index in [9.17, 15) is 24.3 Å². The Bertz CT molecular complexity index is 595. The highest BCUT2D eigenvalue weighted by Gasteiger charge is 2.39. The van der Waals surface area contributed by atoms with E-state index in [1.165, 1.54) is 18.7 Å². The molecule has 28 heavy (non-hydrogen) atoms. The van der Waals surface area contributed by atoms with Crippen molar-refractivity contribution in [3.05, 3.63) is 0 Å². The van der Waals surface area contributed by atoms with E-state index in [2.05, 4.69) is 10.6 Å². The Labute approximate surface area is 164 Å². The number of nitrogens with zero attached hydrogens (tertiary/aromatic N) is 1. The molecule has 0 aliphatic carbocycles. The van der Waals surface area contributed by atoms with Gasteiger partial charge < -0.3 is 31.5 Å². The summed E-state index contributed by atoms with van der Waals surface area (Å²) in [7, 11) is 0. The lowest BCUT2D eigenvalue weighted by Gasteiger charge is -2.30. The number of aliphatic carboxylic acids is 1. The maximum atomic E-state index is 13.1. The van der Waals surface area contributed by atoms with Crippen LogP contribution in [0.2, 0.25) is 0 Å². The molecule has 1 rings (SSSR count). The zero-order valence-electron chi connectivity index (χ0n) is 16.8. The van der Waals surface area contributed by atoms with E-state index in [1.807, 2.05) is 13.8 Å². The predicted molar refractivity (Wildman–Crippen MR) is 101 cm³/mol. The van der Waals surface area contributed by atoms with Gasteiger partial charge in [0.2, 0.25) is 17.7 Å². The molecular weight excluding hydrogens is 368 g/mol. The largest absolute Gasteiger partial charge is 0.480 e. The number of amides is 3.